The van der Waals surface area contributed by atoms with Gasteiger partial charge in [0, 0.05) is 12.1 Å². The second-order valence-corrected chi connectivity index (χ2v) is 5.61. The molecule has 0 spiro atoms. The van der Waals surface area contributed by atoms with E-state index in [1.165, 1.54) is 0 Å². The molecule has 0 bridgehead atoms. The predicted octanol–water partition coefficient (Wildman–Crippen LogP) is 1.40. The second-order valence-electron chi connectivity index (χ2n) is 5.61. The highest BCUT2D eigenvalue weighted by atomic mass is 16.5. The predicted molar refractivity (Wildman–Crippen MR) is 76.6 cm³/mol. The molecule has 4 nitrogen and oxygen atoms in total. The molecule has 108 valence electrons. The topological polar surface area (TPSA) is 61.7 Å². The highest BCUT2D eigenvalue weighted by molar-refractivity contribution is 5.39. The summed E-state index contributed by atoms with van der Waals surface area (Å²) in [7, 11) is 0. The normalized spacial score (nSPS) is 13.4. The Hall–Kier alpha value is -1.10. The number of benzene rings is 1. The molecule has 0 heterocycles. The van der Waals surface area contributed by atoms with Crippen LogP contribution in [0.1, 0.15) is 25.0 Å². The maximum atomic E-state index is 9.88. The maximum Gasteiger partial charge on any atom is 0.125 e. The van der Waals surface area contributed by atoms with Gasteiger partial charge in [-0.2, -0.15) is 0 Å². The lowest BCUT2D eigenvalue weighted by Crippen LogP contribution is -2.47. The number of para-hydroxylation sites is 1. The Morgan fingerprint density at radius 2 is 1.84 bits per heavy atom. The number of nitrogens with one attached hydrogen (secondary N) is 1. The summed E-state index contributed by atoms with van der Waals surface area (Å²) in [5.41, 5.74) is 1.74. The number of aliphatic hydroxyl groups excluding tert-OH is 2. The van der Waals surface area contributed by atoms with Gasteiger partial charge in [-0.3, -0.25) is 0 Å². The van der Waals surface area contributed by atoms with Crippen LogP contribution in [0.15, 0.2) is 18.2 Å². The molecule has 0 amide bonds. The summed E-state index contributed by atoms with van der Waals surface area (Å²) in [6.45, 7) is 8.39. The summed E-state index contributed by atoms with van der Waals surface area (Å²) >= 11 is 0. The van der Waals surface area contributed by atoms with Gasteiger partial charge in [-0.25, -0.2) is 0 Å². The van der Waals surface area contributed by atoms with Crippen molar-refractivity contribution in [2.24, 2.45) is 0 Å². The minimum atomic E-state index is -0.607. The summed E-state index contributed by atoms with van der Waals surface area (Å²) in [6, 6.07) is 5.96. The van der Waals surface area contributed by atoms with Crippen LogP contribution >= 0.6 is 0 Å². The third-order valence-electron chi connectivity index (χ3n) is 3.04. The summed E-state index contributed by atoms with van der Waals surface area (Å²) in [6.07, 6.45) is -0.607. The zero-order valence-corrected chi connectivity index (χ0v) is 12.2. The molecule has 4 heteroatoms. The Balaban J connectivity index is 2.44. The van der Waals surface area contributed by atoms with Gasteiger partial charge in [-0.1, -0.05) is 18.2 Å². The molecule has 0 saturated heterocycles. The summed E-state index contributed by atoms with van der Waals surface area (Å²) < 4.78 is 5.68. The van der Waals surface area contributed by atoms with Crippen LogP contribution < -0.4 is 10.1 Å². The SMILES string of the molecule is Cc1cccc(C)c1OC[C@H](O)CNC(C)(C)CO. The van der Waals surface area contributed by atoms with E-state index in [9.17, 15) is 5.11 Å². The van der Waals surface area contributed by atoms with Crippen LogP contribution in [-0.4, -0.2) is 41.6 Å². The van der Waals surface area contributed by atoms with Gasteiger partial charge in [0.05, 0.1) is 6.61 Å². The van der Waals surface area contributed by atoms with Gasteiger partial charge in [-0.05, 0) is 38.8 Å². The Bertz CT molecular complexity index is 384. The first-order valence-corrected chi connectivity index (χ1v) is 6.58. The molecule has 0 saturated carbocycles. The van der Waals surface area contributed by atoms with E-state index in [2.05, 4.69) is 5.32 Å². The third-order valence-corrected chi connectivity index (χ3v) is 3.04. The highest BCUT2D eigenvalue weighted by Gasteiger charge is 2.17. The van der Waals surface area contributed by atoms with E-state index < -0.39 is 6.10 Å². The van der Waals surface area contributed by atoms with Gasteiger partial charge in [0.2, 0.25) is 0 Å². The number of hydrogen-bond acceptors (Lipinski definition) is 4. The Labute approximate surface area is 115 Å². The van der Waals surface area contributed by atoms with Crippen LogP contribution in [0.4, 0.5) is 0 Å². The molecular formula is C15H25NO3. The van der Waals surface area contributed by atoms with E-state index in [0.717, 1.165) is 16.9 Å². The lowest BCUT2D eigenvalue weighted by Gasteiger charge is -2.25. The molecule has 1 atom stereocenters. The number of rotatable bonds is 7. The summed E-state index contributed by atoms with van der Waals surface area (Å²) in [4.78, 5) is 0. The fraction of sp³-hybridized carbons (Fsp3) is 0.600. The van der Waals surface area contributed by atoms with Crippen LogP contribution in [0.25, 0.3) is 0 Å². The van der Waals surface area contributed by atoms with Crippen LogP contribution in [-0.2, 0) is 0 Å². The zero-order valence-electron chi connectivity index (χ0n) is 12.2. The molecule has 0 aliphatic carbocycles. The summed E-state index contributed by atoms with van der Waals surface area (Å²) in [5.74, 6) is 0.836. The molecule has 1 rings (SSSR count). The van der Waals surface area contributed by atoms with Crippen molar-refractivity contribution in [3.05, 3.63) is 29.3 Å². The Morgan fingerprint density at radius 1 is 1.26 bits per heavy atom. The van der Waals surface area contributed by atoms with Crippen molar-refractivity contribution in [1.29, 1.82) is 0 Å². The van der Waals surface area contributed by atoms with Gasteiger partial charge in [0.1, 0.15) is 18.5 Å². The standard InChI is InChI=1S/C15H25NO3/c1-11-6-5-7-12(2)14(11)19-9-13(18)8-16-15(3,4)10-17/h5-7,13,16-18H,8-10H2,1-4H3/t13-/m1/s1. The van der Waals surface area contributed by atoms with E-state index in [0.29, 0.717) is 6.54 Å². The maximum absolute atomic E-state index is 9.88. The largest absolute Gasteiger partial charge is 0.490 e. The highest BCUT2D eigenvalue weighted by Crippen LogP contribution is 2.22. The minimum absolute atomic E-state index is 0.0253. The second kappa shape index (κ2) is 6.89. The van der Waals surface area contributed by atoms with Crippen LogP contribution in [0.5, 0.6) is 5.75 Å². The van der Waals surface area contributed by atoms with E-state index in [-0.39, 0.29) is 18.8 Å². The first kappa shape index (κ1) is 16.0. The third kappa shape index (κ3) is 5.19. The molecule has 0 aliphatic rings. The van der Waals surface area contributed by atoms with Crippen molar-refractivity contribution < 1.29 is 14.9 Å². The molecule has 0 aliphatic heterocycles. The van der Waals surface area contributed by atoms with Gasteiger partial charge in [0.15, 0.2) is 0 Å². The molecule has 1 aromatic carbocycles. The van der Waals surface area contributed by atoms with Gasteiger partial charge >= 0.3 is 0 Å². The lowest BCUT2D eigenvalue weighted by molar-refractivity contribution is 0.0901. The van der Waals surface area contributed by atoms with Crippen LogP contribution in [0.3, 0.4) is 0 Å². The monoisotopic (exact) mass is 267 g/mol. The number of β-amino-alcohol motifs (C(OH)–C–C–N with tert-alkyl or cyclic N) is 1. The van der Waals surface area contributed by atoms with E-state index in [1.54, 1.807) is 0 Å². The summed E-state index contributed by atoms with van der Waals surface area (Å²) in [5, 5.41) is 22.1. The number of aliphatic hydroxyl groups is 2. The van der Waals surface area contributed by atoms with Crippen molar-refractivity contribution in [3.63, 3.8) is 0 Å². The zero-order chi connectivity index (χ0) is 14.5. The molecule has 1 aromatic rings. The van der Waals surface area contributed by atoms with Gasteiger partial charge < -0.3 is 20.3 Å². The molecule has 0 fully saturated rings. The number of ether oxygens (including phenoxy) is 1. The minimum Gasteiger partial charge on any atom is -0.490 e. The quantitative estimate of drug-likeness (QED) is 0.699. The molecule has 3 N–H and O–H groups in total. The molecule has 19 heavy (non-hydrogen) atoms. The average molecular weight is 267 g/mol. The Kier molecular flexibility index (Phi) is 5.79. The van der Waals surface area contributed by atoms with E-state index in [1.807, 2.05) is 45.9 Å². The van der Waals surface area contributed by atoms with Gasteiger partial charge in [-0.15, -0.1) is 0 Å². The number of hydrogen-bond donors (Lipinski definition) is 3. The van der Waals surface area contributed by atoms with Crippen molar-refractivity contribution in [3.8, 4) is 5.75 Å². The molecule has 0 aromatic heterocycles. The fourth-order valence-electron chi connectivity index (χ4n) is 1.72. The van der Waals surface area contributed by atoms with Crippen molar-refractivity contribution in [1.82, 2.24) is 5.32 Å². The van der Waals surface area contributed by atoms with Crippen molar-refractivity contribution >= 4 is 0 Å². The number of aryl methyl sites for hydroxylation is 2. The first-order chi connectivity index (χ1) is 8.85. The first-order valence-electron chi connectivity index (χ1n) is 6.58. The van der Waals surface area contributed by atoms with Crippen LogP contribution in [0, 0.1) is 13.8 Å². The average Bonchev–Trinajstić information content (AvgIpc) is 2.36. The van der Waals surface area contributed by atoms with Crippen LogP contribution in [0.2, 0.25) is 0 Å². The van der Waals surface area contributed by atoms with Gasteiger partial charge in [0.25, 0.3) is 0 Å². The smallest absolute Gasteiger partial charge is 0.125 e. The van der Waals surface area contributed by atoms with Crippen molar-refractivity contribution in [2.45, 2.75) is 39.3 Å². The molecule has 0 unspecified atom stereocenters. The lowest BCUT2D eigenvalue weighted by atomic mass is 10.1. The molecular weight excluding hydrogens is 242 g/mol. The van der Waals surface area contributed by atoms with E-state index in [4.69, 9.17) is 9.84 Å². The Morgan fingerprint density at radius 3 is 2.37 bits per heavy atom. The van der Waals surface area contributed by atoms with Crippen molar-refractivity contribution in [2.75, 3.05) is 19.8 Å². The molecule has 0 radical (unpaired) electrons. The fourth-order valence-corrected chi connectivity index (χ4v) is 1.72. The van der Waals surface area contributed by atoms with E-state index >= 15 is 0 Å².